The molecule has 1 amide bonds. The van der Waals surface area contributed by atoms with Crippen LogP contribution in [0.5, 0.6) is 0 Å². The van der Waals surface area contributed by atoms with E-state index >= 15 is 0 Å². The zero-order valence-electron chi connectivity index (χ0n) is 12.8. The molecule has 1 aliphatic rings. The van der Waals surface area contributed by atoms with Crippen LogP contribution in [-0.2, 0) is 18.0 Å². The van der Waals surface area contributed by atoms with Crippen LogP contribution >= 0.6 is 23.4 Å². The van der Waals surface area contributed by atoms with E-state index < -0.39 is 16.8 Å². The van der Waals surface area contributed by atoms with Gasteiger partial charge in [0, 0.05) is 18.9 Å². The smallest absolute Gasteiger partial charge is 0.351 e. The first-order valence-corrected chi connectivity index (χ1v) is 8.21. The summed E-state index contributed by atoms with van der Waals surface area (Å²) in [7, 11) is 1.84. The van der Waals surface area contributed by atoms with Crippen LogP contribution in [0.1, 0.15) is 11.3 Å². The Bertz CT molecular complexity index is 902. The Morgan fingerprint density at radius 1 is 1.32 bits per heavy atom. The second-order valence-electron chi connectivity index (χ2n) is 5.19. The van der Waals surface area contributed by atoms with Crippen molar-refractivity contribution in [2.45, 2.75) is 6.18 Å². The van der Waals surface area contributed by atoms with Gasteiger partial charge in [-0.1, -0.05) is 11.6 Å². The third kappa shape index (κ3) is 3.91. The number of thioether (sulfide) groups is 1. The van der Waals surface area contributed by atoms with Crippen molar-refractivity contribution < 1.29 is 18.0 Å². The number of aromatic nitrogens is 1. The molecule has 0 bridgehead atoms. The van der Waals surface area contributed by atoms with Crippen LogP contribution in [0, 0.1) is 0 Å². The van der Waals surface area contributed by atoms with Crippen LogP contribution in [0.15, 0.2) is 46.4 Å². The molecule has 130 valence electrons. The molecule has 0 spiro atoms. The van der Waals surface area contributed by atoms with E-state index in [0.29, 0.717) is 4.91 Å². The number of rotatable bonds is 2. The summed E-state index contributed by atoms with van der Waals surface area (Å²) in [6.07, 6.45) is -1.05. The lowest BCUT2D eigenvalue weighted by Crippen LogP contribution is -2.19. The summed E-state index contributed by atoms with van der Waals surface area (Å²) in [5.74, 6) is -0.352. The van der Waals surface area contributed by atoms with Gasteiger partial charge >= 0.3 is 6.18 Å². The molecule has 0 aliphatic carbocycles. The Hall–Kier alpha value is -2.19. The molecule has 1 fully saturated rings. The van der Waals surface area contributed by atoms with Crippen molar-refractivity contribution >= 4 is 46.2 Å². The lowest BCUT2D eigenvalue weighted by Gasteiger charge is -2.09. The van der Waals surface area contributed by atoms with E-state index in [1.165, 1.54) is 6.07 Å². The predicted molar refractivity (Wildman–Crippen MR) is 92.7 cm³/mol. The lowest BCUT2D eigenvalue weighted by atomic mass is 10.2. The molecular weight excluding hydrogens is 375 g/mol. The second kappa shape index (κ2) is 6.61. The number of aryl methyl sites for hydroxylation is 1. The topological polar surface area (TPSA) is 46.4 Å². The number of amidine groups is 1. The maximum atomic E-state index is 12.9. The van der Waals surface area contributed by atoms with E-state index in [2.05, 4.69) is 10.3 Å². The number of amides is 1. The normalized spacial score (nSPS) is 18.2. The summed E-state index contributed by atoms with van der Waals surface area (Å²) in [6.45, 7) is 0. The Morgan fingerprint density at radius 3 is 2.72 bits per heavy atom. The van der Waals surface area contributed by atoms with Crippen molar-refractivity contribution in [1.82, 2.24) is 9.88 Å². The van der Waals surface area contributed by atoms with Crippen molar-refractivity contribution in [2.24, 2.45) is 12.0 Å². The van der Waals surface area contributed by atoms with E-state index in [1.807, 2.05) is 29.9 Å². The van der Waals surface area contributed by atoms with Gasteiger partial charge in [0.15, 0.2) is 5.17 Å². The minimum atomic E-state index is -4.57. The predicted octanol–water partition coefficient (Wildman–Crippen LogP) is 4.59. The summed E-state index contributed by atoms with van der Waals surface area (Å²) in [6, 6.07) is 7.01. The fourth-order valence-electron chi connectivity index (χ4n) is 2.16. The molecule has 0 saturated carbocycles. The van der Waals surface area contributed by atoms with Crippen molar-refractivity contribution in [3.63, 3.8) is 0 Å². The maximum Gasteiger partial charge on any atom is 0.417 e. The van der Waals surface area contributed by atoms with Gasteiger partial charge in [0.25, 0.3) is 5.91 Å². The third-order valence-corrected chi connectivity index (χ3v) is 4.64. The summed E-state index contributed by atoms with van der Waals surface area (Å²) in [5, 5.41) is 2.35. The number of hydrogen-bond donors (Lipinski definition) is 1. The van der Waals surface area contributed by atoms with Crippen LogP contribution in [0.3, 0.4) is 0 Å². The van der Waals surface area contributed by atoms with Crippen LogP contribution in [0.4, 0.5) is 18.9 Å². The van der Waals surface area contributed by atoms with Gasteiger partial charge in [0.1, 0.15) is 0 Å². The van der Waals surface area contributed by atoms with Gasteiger partial charge in [-0.3, -0.25) is 4.79 Å². The van der Waals surface area contributed by atoms with Crippen LogP contribution < -0.4 is 5.32 Å². The van der Waals surface area contributed by atoms with Gasteiger partial charge < -0.3 is 9.88 Å². The van der Waals surface area contributed by atoms with Crippen LogP contribution in [0.2, 0.25) is 5.02 Å². The number of carbonyl (C=O) groups excluding carboxylic acids is 1. The molecule has 4 nitrogen and oxygen atoms in total. The molecule has 1 aliphatic heterocycles. The number of aliphatic imine (C=N–C) groups is 1. The SMILES string of the molecule is Cn1cccc1C=C1SC(=Nc2ccc(Cl)c(C(F)(F)F)c2)NC1=O. The highest BCUT2D eigenvalue weighted by Crippen LogP contribution is 2.37. The minimum Gasteiger partial charge on any atom is -0.351 e. The number of carbonyl (C=O) groups is 1. The molecule has 1 aromatic carbocycles. The number of alkyl halides is 3. The van der Waals surface area contributed by atoms with Crippen molar-refractivity contribution in [2.75, 3.05) is 0 Å². The fourth-order valence-corrected chi connectivity index (χ4v) is 3.21. The van der Waals surface area contributed by atoms with Crippen molar-refractivity contribution in [1.29, 1.82) is 0 Å². The molecule has 3 rings (SSSR count). The molecule has 0 unspecified atom stereocenters. The van der Waals surface area contributed by atoms with E-state index in [-0.39, 0.29) is 16.8 Å². The van der Waals surface area contributed by atoms with Gasteiger partial charge in [-0.25, -0.2) is 4.99 Å². The zero-order chi connectivity index (χ0) is 18.2. The molecule has 1 N–H and O–H groups in total. The van der Waals surface area contributed by atoms with Gasteiger partial charge in [-0.15, -0.1) is 0 Å². The number of nitrogens with zero attached hydrogens (tertiary/aromatic N) is 2. The summed E-state index contributed by atoms with van der Waals surface area (Å²) in [5.41, 5.74) is -0.0886. The zero-order valence-corrected chi connectivity index (χ0v) is 14.3. The third-order valence-electron chi connectivity index (χ3n) is 3.40. The van der Waals surface area contributed by atoms with Gasteiger partial charge in [-0.05, 0) is 48.2 Å². The highest BCUT2D eigenvalue weighted by atomic mass is 35.5. The average molecular weight is 386 g/mol. The molecule has 1 aromatic heterocycles. The Kier molecular flexibility index (Phi) is 4.66. The van der Waals surface area contributed by atoms with Crippen molar-refractivity contribution in [3.8, 4) is 0 Å². The molecule has 0 atom stereocenters. The lowest BCUT2D eigenvalue weighted by molar-refractivity contribution is -0.137. The van der Waals surface area contributed by atoms with Crippen LogP contribution in [0.25, 0.3) is 6.08 Å². The molecule has 25 heavy (non-hydrogen) atoms. The number of nitrogens with one attached hydrogen (secondary N) is 1. The Labute approximate surface area is 150 Å². The monoisotopic (exact) mass is 385 g/mol. The highest BCUT2D eigenvalue weighted by Gasteiger charge is 2.33. The maximum absolute atomic E-state index is 12.9. The molecule has 0 radical (unpaired) electrons. The van der Waals surface area contributed by atoms with E-state index in [0.717, 1.165) is 29.6 Å². The van der Waals surface area contributed by atoms with Crippen LogP contribution in [-0.4, -0.2) is 15.6 Å². The number of hydrogen-bond acceptors (Lipinski definition) is 3. The first-order chi connectivity index (χ1) is 11.7. The molecule has 2 aromatic rings. The summed E-state index contributed by atoms with van der Waals surface area (Å²) < 4.78 is 40.5. The first kappa shape index (κ1) is 17.6. The van der Waals surface area contributed by atoms with Gasteiger partial charge in [0.05, 0.1) is 21.2 Å². The largest absolute Gasteiger partial charge is 0.417 e. The molecular formula is C16H11ClF3N3OS. The quantitative estimate of drug-likeness (QED) is 0.768. The number of benzene rings is 1. The van der Waals surface area contributed by atoms with Gasteiger partial charge in [0.2, 0.25) is 0 Å². The van der Waals surface area contributed by atoms with E-state index in [9.17, 15) is 18.0 Å². The minimum absolute atomic E-state index is 0.0552. The Balaban J connectivity index is 1.88. The van der Waals surface area contributed by atoms with Crippen molar-refractivity contribution in [3.05, 3.63) is 57.7 Å². The Morgan fingerprint density at radius 2 is 2.08 bits per heavy atom. The fraction of sp³-hybridized carbons (Fsp3) is 0.125. The summed E-state index contributed by atoms with van der Waals surface area (Å²) in [4.78, 5) is 16.5. The molecule has 9 heteroatoms. The highest BCUT2D eigenvalue weighted by molar-refractivity contribution is 8.18. The molecule has 2 heterocycles. The van der Waals surface area contributed by atoms with E-state index in [4.69, 9.17) is 11.6 Å². The van der Waals surface area contributed by atoms with E-state index in [1.54, 1.807) is 6.08 Å². The first-order valence-electron chi connectivity index (χ1n) is 7.02. The average Bonchev–Trinajstić information content (AvgIpc) is 3.07. The second-order valence-corrected chi connectivity index (χ2v) is 6.63. The number of halogens is 4. The summed E-state index contributed by atoms with van der Waals surface area (Å²) >= 11 is 6.64. The molecule has 1 saturated heterocycles. The van der Waals surface area contributed by atoms with Gasteiger partial charge in [-0.2, -0.15) is 13.2 Å². The standard InChI is InChI=1S/C16H11ClF3N3OS/c1-23-6-2-3-10(23)8-13-14(24)22-15(25-13)21-9-4-5-12(17)11(7-9)16(18,19)20/h2-8H,1H3,(H,21,22,24).